The number of thioether (sulfide) groups is 1. The lowest BCUT2D eigenvalue weighted by Crippen LogP contribution is -2.37. The van der Waals surface area contributed by atoms with Gasteiger partial charge in [-0.05, 0) is 18.2 Å². The number of carboxylic acids is 1. The van der Waals surface area contributed by atoms with Crippen molar-refractivity contribution < 1.29 is 19.1 Å². The first kappa shape index (κ1) is 12.8. The Morgan fingerprint density at radius 2 is 2.28 bits per heavy atom. The predicted molar refractivity (Wildman–Crippen MR) is 66.2 cm³/mol. The average molecular weight is 270 g/mol. The van der Waals surface area contributed by atoms with Crippen molar-refractivity contribution in [2.75, 3.05) is 16.9 Å². The first-order chi connectivity index (χ1) is 8.58. The summed E-state index contributed by atoms with van der Waals surface area (Å²) in [5, 5.41) is 14.1. The first-order valence-corrected chi connectivity index (χ1v) is 6.38. The number of benzene rings is 1. The Labute approximate surface area is 107 Å². The fourth-order valence-electron chi connectivity index (χ4n) is 1.53. The number of carbonyl (C=O) groups is 2. The molecule has 3 N–H and O–H groups in total. The number of hydrogen-bond acceptors (Lipinski definition) is 4. The molecule has 1 aromatic rings. The smallest absolute Gasteiger partial charge is 0.335 e. The molecular weight excluding hydrogens is 259 g/mol. The topological polar surface area (TPSA) is 78.4 Å². The molecule has 2 rings (SSSR count). The van der Waals surface area contributed by atoms with E-state index in [0.717, 1.165) is 6.07 Å². The molecule has 0 aliphatic carbocycles. The summed E-state index contributed by atoms with van der Waals surface area (Å²) in [4.78, 5) is 22.3. The first-order valence-electron chi connectivity index (χ1n) is 5.23. The molecule has 0 aromatic heterocycles. The van der Waals surface area contributed by atoms with Crippen LogP contribution in [0.1, 0.15) is 10.4 Å². The number of aromatic carboxylic acids is 1. The van der Waals surface area contributed by atoms with E-state index in [4.69, 9.17) is 5.11 Å². The highest BCUT2D eigenvalue weighted by Gasteiger charge is 2.23. The van der Waals surface area contributed by atoms with Gasteiger partial charge in [0.1, 0.15) is 5.82 Å². The number of halogens is 1. The molecule has 1 aromatic carbocycles. The normalized spacial score (nSPS) is 18.6. The minimum atomic E-state index is -1.21. The van der Waals surface area contributed by atoms with Gasteiger partial charge >= 0.3 is 5.97 Å². The summed E-state index contributed by atoms with van der Waals surface area (Å²) < 4.78 is 13.6. The quantitative estimate of drug-likeness (QED) is 0.767. The third kappa shape index (κ3) is 2.80. The highest BCUT2D eigenvalue weighted by molar-refractivity contribution is 7.99. The molecule has 5 nitrogen and oxygen atoms in total. The van der Waals surface area contributed by atoms with Crippen molar-refractivity contribution in [2.45, 2.75) is 6.04 Å². The Balaban J connectivity index is 2.09. The number of hydrogen-bond donors (Lipinski definition) is 3. The van der Waals surface area contributed by atoms with Crippen LogP contribution in [0.3, 0.4) is 0 Å². The van der Waals surface area contributed by atoms with E-state index in [0.29, 0.717) is 11.6 Å². The molecule has 1 amide bonds. The highest BCUT2D eigenvalue weighted by atomic mass is 32.2. The van der Waals surface area contributed by atoms with Crippen LogP contribution >= 0.6 is 11.8 Å². The number of nitrogens with one attached hydrogen (secondary N) is 2. The maximum absolute atomic E-state index is 13.6. The minimum absolute atomic E-state index is 0.0105. The summed E-state index contributed by atoms with van der Waals surface area (Å²) in [5.41, 5.74) is -0.163. The molecule has 18 heavy (non-hydrogen) atoms. The van der Waals surface area contributed by atoms with Gasteiger partial charge in [0.2, 0.25) is 5.91 Å². The zero-order chi connectivity index (χ0) is 13.1. The molecule has 0 saturated carbocycles. The van der Waals surface area contributed by atoms with E-state index in [1.165, 1.54) is 12.1 Å². The second-order valence-corrected chi connectivity index (χ2v) is 4.79. The average Bonchev–Trinajstić information content (AvgIpc) is 2.85. The maximum Gasteiger partial charge on any atom is 0.335 e. The van der Waals surface area contributed by atoms with Crippen molar-refractivity contribution in [1.82, 2.24) is 5.32 Å². The van der Waals surface area contributed by atoms with Gasteiger partial charge in [-0.15, -0.1) is 11.8 Å². The van der Waals surface area contributed by atoms with Crippen LogP contribution in [0, 0.1) is 5.82 Å². The number of carboxylic acid groups (broad SMARTS) is 1. The summed E-state index contributed by atoms with van der Waals surface area (Å²) in [6.07, 6.45) is 0. The van der Waals surface area contributed by atoms with Gasteiger partial charge in [0.05, 0.1) is 17.3 Å². The number of carbonyl (C=O) groups excluding carboxylic acids is 1. The van der Waals surface area contributed by atoms with Crippen molar-refractivity contribution in [3.63, 3.8) is 0 Å². The van der Waals surface area contributed by atoms with Gasteiger partial charge in [-0.2, -0.15) is 0 Å². The van der Waals surface area contributed by atoms with Crippen LogP contribution in [0.25, 0.3) is 0 Å². The lowest BCUT2D eigenvalue weighted by Gasteiger charge is -2.11. The van der Waals surface area contributed by atoms with Gasteiger partial charge in [0, 0.05) is 11.6 Å². The summed E-state index contributed by atoms with van der Waals surface area (Å²) >= 11 is 1.59. The number of anilines is 1. The third-order valence-corrected chi connectivity index (χ3v) is 3.45. The number of rotatable bonds is 3. The van der Waals surface area contributed by atoms with Crippen LogP contribution in [0.4, 0.5) is 10.1 Å². The molecule has 1 aliphatic rings. The molecule has 7 heteroatoms. The van der Waals surface area contributed by atoms with Crippen LogP contribution in [0.5, 0.6) is 0 Å². The Morgan fingerprint density at radius 1 is 1.50 bits per heavy atom. The maximum atomic E-state index is 13.6. The van der Waals surface area contributed by atoms with Crippen LogP contribution in [-0.2, 0) is 4.79 Å². The molecule has 1 atom stereocenters. The molecular formula is C11H11FN2O3S. The molecule has 1 fully saturated rings. The second-order valence-electron chi connectivity index (χ2n) is 3.76. The van der Waals surface area contributed by atoms with Crippen LogP contribution in [0.2, 0.25) is 0 Å². The summed E-state index contributed by atoms with van der Waals surface area (Å²) in [7, 11) is 0. The van der Waals surface area contributed by atoms with E-state index < -0.39 is 11.8 Å². The van der Waals surface area contributed by atoms with E-state index in [1.807, 2.05) is 0 Å². The van der Waals surface area contributed by atoms with E-state index in [2.05, 4.69) is 10.6 Å². The Bertz CT molecular complexity index is 489. The van der Waals surface area contributed by atoms with Crippen LogP contribution in [-0.4, -0.2) is 34.7 Å². The minimum Gasteiger partial charge on any atom is -0.478 e. The molecule has 0 bridgehead atoms. The summed E-state index contributed by atoms with van der Waals surface area (Å²) in [5.74, 6) is -0.948. The molecule has 1 unspecified atom stereocenters. The van der Waals surface area contributed by atoms with Crippen molar-refractivity contribution in [2.24, 2.45) is 0 Å². The fourth-order valence-corrected chi connectivity index (χ4v) is 2.47. The molecule has 1 saturated heterocycles. The second kappa shape index (κ2) is 5.36. The third-order valence-electron chi connectivity index (χ3n) is 2.51. The van der Waals surface area contributed by atoms with E-state index >= 15 is 0 Å². The van der Waals surface area contributed by atoms with E-state index in [-0.39, 0.29) is 23.2 Å². The Hall–Kier alpha value is -1.60. The fraction of sp³-hybridized carbons (Fsp3) is 0.273. The molecule has 1 heterocycles. The van der Waals surface area contributed by atoms with Crippen molar-refractivity contribution >= 4 is 29.3 Å². The standard InChI is InChI=1S/C11H11FN2O3S/c12-7-3-6(11(16)17)1-2-8(7)14-10(15)9-4-18-5-13-9/h1-3,9,13H,4-5H2,(H,14,15)(H,16,17). The SMILES string of the molecule is O=C(O)c1ccc(NC(=O)C2CSCN2)c(F)c1. The van der Waals surface area contributed by atoms with E-state index in [1.54, 1.807) is 11.8 Å². The Morgan fingerprint density at radius 3 is 2.83 bits per heavy atom. The lowest BCUT2D eigenvalue weighted by molar-refractivity contribution is -0.117. The van der Waals surface area contributed by atoms with Crippen molar-refractivity contribution in [1.29, 1.82) is 0 Å². The molecule has 0 spiro atoms. The summed E-state index contributed by atoms with van der Waals surface area (Å²) in [6, 6.07) is 3.04. The monoisotopic (exact) mass is 270 g/mol. The van der Waals surface area contributed by atoms with Crippen LogP contribution in [0.15, 0.2) is 18.2 Å². The zero-order valence-corrected chi connectivity index (χ0v) is 10.1. The van der Waals surface area contributed by atoms with Gasteiger partial charge in [-0.1, -0.05) is 0 Å². The van der Waals surface area contributed by atoms with Crippen molar-refractivity contribution in [3.8, 4) is 0 Å². The predicted octanol–water partition coefficient (Wildman–Crippen LogP) is 1.12. The zero-order valence-electron chi connectivity index (χ0n) is 9.27. The van der Waals surface area contributed by atoms with Gasteiger partial charge in [-0.3, -0.25) is 10.1 Å². The van der Waals surface area contributed by atoms with E-state index in [9.17, 15) is 14.0 Å². The van der Waals surface area contributed by atoms with Gasteiger partial charge in [0.15, 0.2) is 0 Å². The van der Waals surface area contributed by atoms with Gasteiger partial charge in [-0.25, -0.2) is 9.18 Å². The highest BCUT2D eigenvalue weighted by Crippen LogP contribution is 2.17. The lowest BCUT2D eigenvalue weighted by atomic mass is 10.2. The summed E-state index contributed by atoms with van der Waals surface area (Å²) in [6.45, 7) is 0. The molecule has 0 radical (unpaired) electrons. The van der Waals surface area contributed by atoms with Gasteiger partial charge < -0.3 is 10.4 Å². The molecule has 1 aliphatic heterocycles. The largest absolute Gasteiger partial charge is 0.478 e. The number of amides is 1. The Kier molecular flexibility index (Phi) is 3.83. The van der Waals surface area contributed by atoms with Gasteiger partial charge in [0.25, 0.3) is 0 Å². The van der Waals surface area contributed by atoms with Crippen molar-refractivity contribution in [3.05, 3.63) is 29.6 Å². The van der Waals surface area contributed by atoms with Crippen LogP contribution < -0.4 is 10.6 Å². The molecule has 96 valence electrons.